The van der Waals surface area contributed by atoms with Gasteiger partial charge in [0.1, 0.15) is 0 Å². The number of aliphatic hydroxyl groups is 1. The molecule has 0 saturated heterocycles. The summed E-state index contributed by atoms with van der Waals surface area (Å²) in [6, 6.07) is 9.49. The van der Waals surface area contributed by atoms with Crippen molar-refractivity contribution in [3.05, 3.63) is 35.4 Å². The normalized spacial score (nSPS) is 21.5. The SMILES string of the molecule is CC[C@@H](CO)N[C@H]1CCc2ccccc2C1. The van der Waals surface area contributed by atoms with Crippen LogP contribution in [0.1, 0.15) is 30.9 Å². The van der Waals surface area contributed by atoms with E-state index in [-0.39, 0.29) is 12.6 Å². The molecule has 16 heavy (non-hydrogen) atoms. The summed E-state index contributed by atoms with van der Waals surface area (Å²) >= 11 is 0. The smallest absolute Gasteiger partial charge is 0.0584 e. The first-order valence-electron chi connectivity index (χ1n) is 6.27. The summed E-state index contributed by atoms with van der Waals surface area (Å²) in [6.07, 6.45) is 4.45. The van der Waals surface area contributed by atoms with E-state index in [2.05, 4.69) is 36.5 Å². The van der Waals surface area contributed by atoms with Gasteiger partial charge in [0.25, 0.3) is 0 Å². The molecule has 0 fully saturated rings. The first-order valence-corrected chi connectivity index (χ1v) is 6.27. The standard InChI is InChI=1S/C14H21NO/c1-2-13(10-16)15-14-8-7-11-5-3-4-6-12(11)9-14/h3-6,13-16H,2,7-10H2,1H3/t13-,14-/m0/s1. The first-order chi connectivity index (χ1) is 7.83. The number of nitrogens with one attached hydrogen (secondary N) is 1. The summed E-state index contributed by atoms with van der Waals surface area (Å²) < 4.78 is 0. The van der Waals surface area contributed by atoms with Crippen LogP contribution >= 0.6 is 0 Å². The average Bonchev–Trinajstić information content (AvgIpc) is 2.35. The summed E-state index contributed by atoms with van der Waals surface area (Å²) in [7, 11) is 0. The van der Waals surface area contributed by atoms with Crippen LogP contribution in [0.15, 0.2) is 24.3 Å². The topological polar surface area (TPSA) is 32.3 Å². The third-order valence-corrected chi connectivity index (χ3v) is 3.53. The summed E-state index contributed by atoms with van der Waals surface area (Å²) in [5.74, 6) is 0. The minimum absolute atomic E-state index is 0.245. The fraction of sp³-hybridized carbons (Fsp3) is 0.571. The van der Waals surface area contributed by atoms with Crippen molar-refractivity contribution in [1.29, 1.82) is 0 Å². The van der Waals surface area contributed by atoms with Gasteiger partial charge in [0, 0.05) is 12.1 Å². The lowest BCUT2D eigenvalue weighted by Crippen LogP contribution is -2.43. The molecule has 0 unspecified atom stereocenters. The van der Waals surface area contributed by atoms with Gasteiger partial charge in [-0.3, -0.25) is 0 Å². The van der Waals surface area contributed by atoms with Crippen LogP contribution in [-0.2, 0) is 12.8 Å². The molecule has 0 radical (unpaired) electrons. The van der Waals surface area contributed by atoms with Crippen LogP contribution in [0.3, 0.4) is 0 Å². The van der Waals surface area contributed by atoms with Crippen LogP contribution in [0.2, 0.25) is 0 Å². The molecular formula is C14H21NO. The third kappa shape index (κ3) is 2.63. The number of aryl methyl sites for hydroxylation is 1. The van der Waals surface area contributed by atoms with E-state index in [1.807, 2.05) is 0 Å². The fourth-order valence-corrected chi connectivity index (χ4v) is 2.47. The zero-order valence-corrected chi connectivity index (χ0v) is 9.95. The Bertz CT molecular complexity index is 333. The molecule has 88 valence electrons. The zero-order valence-electron chi connectivity index (χ0n) is 9.95. The maximum Gasteiger partial charge on any atom is 0.0584 e. The van der Waals surface area contributed by atoms with Crippen LogP contribution in [0.5, 0.6) is 0 Å². The number of fused-ring (bicyclic) bond motifs is 1. The van der Waals surface area contributed by atoms with Gasteiger partial charge in [0.15, 0.2) is 0 Å². The molecule has 0 amide bonds. The molecule has 2 rings (SSSR count). The van der Waals surface area contributed by atoms with E-state index in [1.165, 1.54) is 17.5 Å². The predicted octanol–water partition coefficient (Wildman–Crippen LogP) is 1.90. The highest BCUT2D eigenvalue weighted by Crippen LogP contribution is 2.21. The lowest BCUT2D eigenvalue weighted by atomic mass is 9.88. The molecule has 0 bridgehead atoms. The second-order valence-electron chi connectivity index (χ2n) is 4.66. The molecule has 1 aromatic carbocycles. The molecular weight excluding hydrogens is 198 g/mol. The van der Waals surface area contributed by atoms with Gasteiger partial charge in [-0.1, -0.05) is 31.2 Å². The molecule has 2 nitrogen and oxygen atoms in total. The molecule has 0 aliphatic heterocycles. The highest BCUT2D eigenvalue weighted by molar-refractivity contribution is 5.30. The maximum absolute atomic E-state index is 9.19. The third-order valence-electron chi connectivity index (χ3n) is 3.53. The molecule has 2 heteroatoms. The van der Waals surface area contributed by atoms with Crippen LogP contribution in [0.4, 0.5) is 0 Å². The Morgan fingerprint density at radius 2 is 2.12 bits per heavy atom. The van der Waals surface area contributed by atoms with Crippen LogP contribution in [0.25, 0.3) is 0 Å². The van der Waals surface area contributed by atoms with E-state index in [1.54, 1.807) is 0 Å². The Morgan fingerprint density at radius 1 is 1.38 bits per heavy atom. The average molecular weight is 219 g/mol. The largest absolute Gasteiger partial charge is 0.395 e. The van der Waals surface area contributed by atoms with Gasteiger partial charge in [-0.25, -0.2) is 0 Å². The highest BCUT2D eigenvalue weighted by atomic mass is 16.3. The van der Waals surface area contributed by atoms with E-state index in [0.29, 0.717) is 6.04 Å². The minimum Gasteiger partial charge on any atom is -0.395 e. The molecule has 1 aliphatic carbocycles. The second kappa shape index (κ2) is 5.46. The molecule has 2 atom stereocenters. The highest BCUT2D eigenvalue weighted by Gasteiger charge is 2.19. The molecule has 1 aliphatic rings. The van der Waals surface area contributed by atoms with Crippen molar-refractivity contribution in [3.63, 3.8) is 0 Å². The first kappa shape index (κ1) is 11.6. The fourth-order valence-electron chi connectivity index (χ4n) is 2.47. The summed E-state index contributed by atoms with van der Waals surface area (Å²) in [5, 5.41) is 12.7. The zero-order chi connectivity index (χ0) is 11.4. The van der Waals surface area contributed by atoms with Crippen molar-refractivity contribution >= 4 is 0 Å². The molecule has 0 heterocycles. The van der Waals surface area contributed by atoms with Crippen molar-refractivity contribution in [2.45, 2.75) is 44.7 Å². The van der Waals surface area contributed by atoms with Crippen molar-refractivity contribution in [1.82, 2.24) is 5.32 Å². The van der Waals surface area contributed by atoms with Crippen molar-refractivity contribution in [2.75, 3.05) is 6.61 Å². The number of rotatable bonds is 4. The van der Waals surface area contributed by atoms with E-state index in [9.17, 15) is 5.11 Å². The summed E-state index contributed by atoms with van der Waals surface area (Å²) in [5.41, 5.74) is 2.97. The van der Waals surface area contributed by atoms with Gasteiger partial charge in [-0.15, -0.1) is 0 Å². The van der Waals surface area contributed by atoms with E-state index < -0.39 is 0 Å². The Kier molecular flexibility index (Phi) is 3.97. The number of benzene rings is 1. The van der Waals surface area contributed by atoms with Crippen molar-refractivity contribution in [3.8, 4) is 0 Å². The van der Waals surface area contributed by atoms with Gasteiger partial charge < -0.3 is 10.4 Å². The van der Waals surface area contributed by atoms with Crippen molar-refractivity contribution < 1.29 is 5.11 Å². The molecule has 1 aromatic rings. The van der Waals surface area contributed by atoms with Gasteiger partial charge >= 0.3 is 0 Å². The Hall–Kier alpha value is -0.860. The van der Waals surface area contributed by atoms with Crippen LogP contribution < -0.4 is 5.32 Å². The molecule has 2 N–H and O–H groups in total. The van der Waals surface area contributed by atoms with E-state index >= 15 is 0 Å². The van der Waals surface area contributed by atoms with Gasteiger partial charge in [0.05, 0.1) is 6.61 Å². The molecule has 0 aromatic heterocycles. The van der Waals surface area contributed by atoms with E-state index in [4.69, 9.17) is 0 Å². The van der Waals surface area contributed by atoms with Gasteiger partial charge in [0.2, 0.25) is 0 Å². The minimum atomic E-state index is 0.245. The van der Waals surface area contributed by atoms with E-state index in [0.717, 1.165) is 19.3 Å². The number of hydrogen-bond acceptors (Lipinski definition) is 2. The monoisotopic (exact) mass is 219 g/mol. The Morgan fingerprint density at radius 3 is 2.81 bits per heavy atom. The Balaban J connectivity index is 1.97. The van der Waals surface area contributed by atoms with Gasteiger partial charge in [-0.2, -0.15) is 0 Å². The maximum atomic E-state index is 9.19. The van der Waals surface area contributed by atoms with Crippen molar-refractivity contribution in [2.24, 2.45) is 0 Å². The number of aliphatic hydroxyl groups excluding tert-OH is 1. The predicted molar refractivity (Wildman–Crippen MR) is 66.6 cm³/mol. The molecule has 0 saturated carbocycles. The molecule has 0 spiro atoms. The lowest BCUT2D eigenvalue weighted by Gasteiger charge is -2.28. The quantitative estimate of drug-likeness (QED) is 0.810. The summed E-state index contributed by atoms with van der Waals surface area (Å²) in [4.78, 5) is 0. The summed E-state index contributed by atoms with van der Waals surface area (Å²) in [6.45, 7) is 2.36. The second-order valence-corrected chi connectivity index (χ2v) is 4.66. The lowest BCUT2D eigenvalue weighted by molar-refractivity contribution is 0.223. The van der Waals surface area contributed by atoms with Gasteiger partial charge in [-0.05, 0) is 36.8 Å². The van der Waals surface area contributed by atoms with Crippen LogP contribution in [0, 0.1) is 0 Å². The number of hydrogen-bond donors (Lipinski definition) is 2. The Labute approximate surface area is 97.7 Å². The van der Waals surface area contributed by atoms with Crippen LogP contribution in [-0.4, -0.2) is 23.8 Å².